The molecule has 3 rings (SSSR count). The maximum Gasteiger partial charge on any atom is 0.191 e. The van der Waals surface area contributed by atoms with E-state index in [1.165, 1.54) is 12.8 Å². The summed E-state index contributed by atoms with van der Waals surface area (Å²) in [6, 6.07) is 12.3. The van der Waals surface area contributed by atoms with E-state index in [0.29, 0.717) is 13.1 Å². The van der Waals surface area contributed by atoms with Gasteiger partial charge in [0.25, 0.3) is 0 Å². The number of aromatic nitrogens is 1. The van der Waals surface area contributed by atoms with E-state index in [-0.39, 0.29) is 0 Å². The highest BCUT2D eigenvalue weighted by atomic mass is 16.5. The fraction of sp³-hybridized carbons (Fsp3) is 0.455. The van der Waals surface area contributed by atoms with Crippen molar-refractivity contribution < 1.29 is 4.74 Å². The topological polar surface area (TPSA) is 61.8 Å². The lowest BCUT2D eigenvalue weighted by molar-refractivity contribution is 0.296. The molecule has 1 aliphatic rings. The van der Waals surface area contributed by atoms with E-state index in [0.717, 1.165) is 47.7 Å². The first-order chi connectivity index (χ1) is 13.7. The van der Waals surface area contributed by atoms with Gasteiger partial charge >= 0.3 is 0 Å². The van der Waals surface area contributed by atoms with Crippen LogP contribution in [0, 0.1) is 5.92 Å². The Morgan fingerprint density at radius 1 is 1.21 bits per heavy atom. The number of rotatable bonds is 9. The molecule has 2 N–H and O–H groups in total. The van der Waals surface area contributed by atoms with Gasteiger partial charge in [-0.2, -0.15) is 0 Å². The summed E-state index contributed by atoms with van der Waals surface area (Å²) in [5, 5.41) is 6.73. The second kappa shape index (κ2) is 9.97. The van der Waals surface area contributed by atoms with Gasteiger partial charge in [0.2, 0.25) is 0 Å². The normalized spacial score (nSPS) is 13.9. The van der Waals surface area contributed by atoms with E-state index in [4.69, 9.17) is 9.73 Å². The second-order valence-electron chi connectivity index (χ2n) is 7.33. The fourth-order valence-electron chi connectivity index (χ4n) is 2.78. The molecule has 6 nitrogen and oxygen atoms in total. The third-order valence-corrected chi connectivity index (χ3v) is 4.62. The van der Waals surface area contributed by atoms with E-state index in [2.05, 4.69) is 34.7 Å². The molecule has 0 amide bonds. The maximum absolute atomic E-state index is 6.01. The fourth-order valence-corrected chi connectivity index (χ4v) is 2.78. The summed E-state index contributed by atoms with van der Waals surface area (Å²) in [5.41, 5.74) is 2.27. The Kier molecular flexibility index (Phi) is 7.12. The highest BCUT2D eigenvalue weighted by Gasteiger charge is 2.22. The Balaban J connectivity index is 1.61. The smallest absolute Gasteiger partial charge is 0.191 e. The molecule has 1 saturated carbocycles. The van der Waals surface area contributed by atoms with Crippen LogP contribution in [-0.4, -0.2) is 38.2 Å². The first-order valence-corrected chi connectivity index (χ1v) is 10.0. The van der Waals surface area contributed by atoms with Crippen molar-refractivity contribution in [2.45, 2.75) is 32.9 Å². The van der Waals surface area contributed by atoms with Crippen LogP contribution in [0.5, 0.6) is 5.75 Å². The molecule has 0 unspecified atom stereocenters. The van der Waals surface area contributed by atoms with Crippen molar-refractivity contribution >= 4 is 11.8 Å². The molecule has 0 spiro atoms. The van der Waals surface area contributed by atoms with Crippen molar-refractivity contribution in [2.24, 2.45) is 10.9 Å². The standard InChI is InChI=1S/C22H31N5O/c1-4-23-22(25-14-18-11-12-24-21(13-18)27(2)3)26-15-19-7-5-6-8-20(19)28-16-17-9-10-17/h5-8,11-13,17H,4,9-10,14-16H2,1-3H3,(H2,23,25,26). The molecule has 0 radical (unpaired) electrons. The van der Waals surface area contributed by atoms with Crippen LogP contribution < -0.4 is 20.3 Å². The van der Waals surface area contributed by atoms with Crippen LogP contribution in [0.25, 0.3) is 0 Å². The minimum atomic E-state index is 0.596. The summed E-state index contributed by atoms with van der Waals surface area (Å²) in [6.07, 6.45) is 4.42. The van der Waals surface area contributed by atoms with E-state index in [9.17, 15) is 0 Å². The summed E-state index contributed by atoms with van der Waals surface area (Å²) < 4.78 is 6.01. The Morgan fingerprint density at radius 2 is 2.04 bits per heavy atom. The van der Waals surface area contributed by atoms with E-state index in [1.807, 2.05) is 49.5 Å². The third-order valence-electron chi connectivity index (χ3n) is 4.62. The molecule has 150 valence electrons. The Morgan fingerprint density at radius 3 is 2.79 bits per heavy atom. The zero-order chi connectivity index (χ0) is 19.8. The molecule has 1 heterocycles. The molecule has 28 heavy (non-hydrogen) atoms. The lowest BCUT2D eigenvalue weighted by atomic mass is 10.2. The molecule has 0 bridgehead atoms. The number of ether oxygens (including phenoxy) is 1. The third kappa shape index (κ3) is 6.15. The minimum Gasteiger partial charge on any atom is -0.493 e. The van der Waals surface area contributed by atoms with Crippen LogP contribution in [0.2, 0.25) is 0 Å². The van der Waals surface area contributed by atoms with Crippen molar-refractivity contribution in [1.82, 2.24) is 15.6 Å². The Labute approximate surface area is 168 Å². The quantitative estimate of drug-likeness (QED) is 0.516. The van der Waals surface area contributed by atoms with Gasteiger partial charge in [0.05, 0.1) is 13.2 Å². The molecule has 2 aromatic rings. The van der Waals surface area contributed by atoms with Gasteiger partial charge in [-0.1, -0.05) is 18.2 Å². The molecule has 1 aromatic heterocycles. The van der Waals surface area contributed by atoms with Crippen LogP contribution >= 0.6 is 0 Å². The van der Waals surface area contributed by atoms with Crippen molar-refractivity contribution in [3.63, 3.8) is 0 Å². The molecule has 6 heteroatoms. The molecule has 1 aromatic carbocycles. The minimum absolute atomic E-state index is 0.596. The van der Waals surface area contributed by atoms with Crippen molar-refractivity contribution in [1.29, 1.82) is 0 Å². The van der Waals surface area contributed by atoms with E-state index >= 15 is 0 Å². The predicted octanol–water partition coefficient (Wildman–Crippen LogP) is 3.19. The highest BCUT2D eigenvalue weighted by molar-refractivity contribution is 5.79. The Hall–Kier alpha value is -2.76. The number of anilines is 1. The summed E-state index contributed by atoms with van der Waals surface area (Å²) in [4.78, 5) is 11.1. The average Bonchev–Trinajstić information content (AvgIpc) is 3.54. The van der Waals surface area contributed by atoms with Gasteiger partial charge in [-0.05, 0) is 49.4 Å². The molecule has 0 aliphatic heterocycles. The number of benzene rings is 1. The molecular weight excluding hydrogens is 350 g/mol. The molecule has 0 atom stereocenters. The van der Waals surface area contributed by atoms with E-state index in [1.54, 1.807) is 0 Å². The molecular formula is C22H31N5O. The van der Waals surface area contributed by atoms with Crippen LogP contribution in [0.1, 0.15) is 30.9 Å². The lowest BCUT2D eigenvalue weighted by Crippen LogP contribution is -2.36. The number of nitrogens with zero attached hydrogens (tertiary/aromatic N) is 3. The summed E-state index contributed by atoms with van der Waals surface area (Å²) in [5.74, 6) is 3.44. The first kappa shape index (κ1) is 20.0. The SMILES string of the molecule is CCNC(=NCc1ccnc(N(C)C)c1)NCc1ccccc1OCC1CC1. The molecule has 0 saturated heterocycles. The number of nitrogens with one attached hydrogen (secondary N) is 2. The molecule has 1 aliphatic carbocycles. The number of aliphatic imine (C=N–C) groups is 1. The predicted molar refractivity (Wildman–Crippen MR) is 115 cm³/mol. The van der Waals surface area contributed by atoms with Gasteiger partial charge in [-0.25, -0.2) is 9.98 Å². The van der Waals surface area contributed by atoms with Gasteiger partial charge in [0.1, 0.15) is 11.6 Å². The number of guanidine groups is 1. The summed E-state index contributed by atoms with van der Waals surface area (Å²) in [7, 11) is 3.98. The van der Waals surface area contributed by atoms with Crippen molar-refractivity contribution in [2.75, 3.05) is 32.1 Å². The second-order valence-corrected chi connectivity index (χ2v) is 7.33. The van der Waals surface area contributed by atoms with E-state index < -0.39 is 0 Å². The zero-order valence-electron chi connectivity index (χ0n) is 17.1. The van der Waals surface area contributed by atoms with Gasteiger partial charge < -0.3 is 20.3 Å². The maximum atomic E-state index is 6.01. The number of hydrogen-bond acceptors (Lipinski definition) is 4. The molecule has 1 fully saturated rings. The number of hydrogen-bond donors (Lipinski definition) is 2. The lowest BCUT2D eigenvalue weighted by Gasteiger charge is -2.15. The van der Waals surface area contributed by atoms with Gasteiger partial charge in [-0.15, -0.1) is 0 Å². The van der Waals surface area contributed by atoms with Crippen LogP contribution in [0.15, 0.2) is 47.6 Å². The van der Waals surface area contributed by atoms with Crippen LogP contribution in [-0.2, 0) is 13.1 Å². The van der Waals surface area contributed by atoms with Gasteiger partial charge in [0, 0.05) is 38.9 Å². The van der Waals surface area contributed by atoms with Crippen LogP contribution in [0.4, 0.5) is 5.82 Å². The largest absolute Gasteiger partial charge is 0.493 e. The average molecular weight is 382 g/mol. The van der Waals surface area contributed by atoms with Crippen molar-refractivity contribution in [3.8, 4) is 5.75 Å². The summed E-state index contributed by atoms with van der Waals surface area (Å²) >= 11 is 0. The number of pyridine rings is 1. The number of para-hydroxylation sites is 1. The van der Waals surface area contributed by atoms with Crippen LogP contribution in [0.3, 0.4) is 0 Å². The monoisotopic (exact) mass is 381 g/mol. The van der Waals surface area contributed by atoms with Gasteiger partial charge in [-0.3, -0.25) is 0 Å². The zero-order valence-corrected chi connectivity index (χ0v) is 17.1. The Bertz CT molecular complexity index is 786. The first-order valence-electron chi connectivity index (χ1n) is 10.0. The van der Waals surface area contributed by atoms with Gasteiger partial charge in [0.15, 0.2) is 5.96 Å². The summed E-state index contributed by atoms with van der Waals surface area (Å²) in [6.45, 7) is 4.97. The highest BCUT2D eigenvalue weighted by Crippen LogP contribution is 2.30. The van der Waals surface area contributed by atoms with Crippen molar-refractivity contribution in [3.05, 3.63) is 53.7 Å².